The van der Waals surface area contributed by atoms with Gasteiger partial charge in [0.2, 0.25) is 5.91 Å². The molecule has 1 saturated carbocycles. The van der Waals surface area contributed by atoms with Crippen molar-refractivity contribution in [3.8, 4) is 0 Å². The van der Waals surface area contributed by atoms with E-state index in [1.807, 2.05) is 6.07 Å². The van der Waals surface area contributed by atoms with Crippen molar-refractivity contribution in [2.24, 2.45) is 17.8 Å². The highest BCUT2D eigenvalue weighted by molar-refractivity contribution is 5.79. The molecule has 1 aromatic rings. The maximum Gasteiger partial charge on any atom is 0.308 e. The smallest absolute Gasteiger partial charge is 0.308 e. The first kappa shape index (κ1) is 13.2. The number of aliphatic carboxylic acids is 1. The van der Waals surface area contributed by atoms with E-state index >= 15 is 0 Å². The quantitative estimate of drug-likeness (QED) is 0.890. The number of hydrogen-bond donors (Lipinski definition) is 1. The number of hydrogen-bond acceptors (Lipinski definition) is 3. The van der Waals surface area contributed by atoms with Gasteiger partial charge in [-0.25, -0.2) is 0 Å². The second kappa shape index (κ2) is 5.31. The Morgan fingerprint density at radius 1 is 1.35 bits per heavy atom. The zero-order valence-electron chi connectivity index (χ0n) is 11.3. The largest absolute Gasteiger partial charge is 0.481 e. The van der Waals surface area contributed by atoms with Crippen molar-refractivity contribution in [3.63, 3.8) is 0 Å². The molecule has 2 fully saturated rings. The van der Waals surface area contributed by atoms with Crippen LogP contribution < -0.4 is 0 Å². The molecule has 0 unspecified atom stereocenters. The highest BCUT2D eigenvalue weighted by Crippen LogP contribution is 2.44. The highest BCUT2D eigenvalue weighted by Gasteiger charge is 2.46. The normalized spacial score (nSPS) is 25.9. The van der Waals surface area contributed by atoms with E-state index in [1.165, 1.54) is 0 Å². The molecule has 5 nitrogen and oxygen atoms in total. The molecule has 1 aromatic heterocycles. The molecule has 20 heavy (non-hydrogen) atoms. The van der Waals surface area contributed by atoms with Crippen LogP contribution >= 0.6 is 0 Å². The van der Waals surface area contributed by atoms with E-state index in [0.717, 1.165) is 18.6 Å². The summed E-state index contributed by atoms with van der Waals surface area (Å²) in [6.07, 6.45) is 4.79. The predicted molar refractivity (Wildman–Crippen MR) is 70.9 cm³/mol. The third kappa shape index (κ3) is 2.71. The minimum absolute atomic E-state index is 0.0378. The number of carboxylic acid groups (broad SMARTS) is 1. The molecule has 108 valence electrons. The zero-order valence-corrected chi connectivity index (χ0v) is 11.3. The number of carbonyl (C=O) groups is 2. The molecule has 1 amide bonds. The standard InChI is InChI=1S/C15H19NO4/c17-14(6-5-11-2-1-7-20-11)16-8-12(10-3-4-10)13(9-16)15(18)19/h1-2,7,10,12-13H,3-6,8-9H2,(H,18,19)/t12-,13+/m1/s1. The van der Waals surface area contributed by atoms with Crippen LogP contribution in [-0.2, 0) is 16.0 Å². The molecule has 0 bridgehead atoms. The van der Waals surface area contributed by atoms with E-state index in [1.54, 1.807) is 17.2 Å². The molecular weight excluding hydrogens is 258 g/mol. The highest BCUT2D eigenvalue weighted by atomic mass is 16.4. The molecule has 5 heteroatoms. The fourth-order valence-electron chi connectivity index (χ4n) is 3.14. The summed E-state index contributed by atoms with van der Waals surface area (Å²) in [5.74, 6) is 0.360. The minimum Gasteiger partial charge on any atom is -0.481 e. The third-order valence-electron chi connectivity index (χ3n) is 4.43. The second-order valence-corrected chi connectivity index (χ2v) is 5.82. The predicted octanol–water partition coefficient (Wildman–Crippen LogP) is 1.78. The Bertz CT molecular complexity index is 492. The Labute approximate surface area is 117 Å². The Morgan fingerprint density at radius 3 is 2.75 bits per heavy atom. The van der Waals surface area contributed by atoms with Crippen LogP contribution in [0.15, 0.2) is 22.8 Å². The summed E-state index contributed by atoms with van der Waals surface area (Å²) in [5, 5.41) is 9.29. The molecule has 2 aliphatic rings. The first-order chi connectivity index (χ1) is 9.65. The number of amides is 1. The summed E-state index contributed by atoms with van der Waals surface area (Å²) in [5.41, 5.74) is 0. The van der Waals surface area contributed by atoms with Crippen LogP contribution in [0.25, 0.3) is 0 Å². The SMILES string of the molecule is O=C(O)[C@H]1CN(C(=O)CCc2ccco2)C[C@@H]1C1CC1. The summed E-state index contributed by atoms with van der Waals surface area (Å²) < 4.78 is 5.21. The number of furan rings is 1. The third-order valence-corrected chi connectivity index (χ3v) is 4.43. The van der Waals surface area contributed by atoms with E-state index in [-0.39, 0.29) is 17.7 Å². The van der Waals surface area contributed by atoms with Crippen molar-refractivity contribution < 1.29 is 19.1 Å². The van der Waals surface area contributed by atoms with Crippen molar-refractivity contribution in [2.75, 3.05) is 13.1 Å². The maximum atomic E-state index is 12.2. The lowest BCUT2D eigenvalue weighted by Gasteiger charge is -2.15. The number of carbonyl (C=O) groups excluding carboxylic acids is 1. The summed E-state index contributed by atoms with van der Waals surface area (Å²) in [6.45, 7) is 0.978. The maximum absolute atomic E-state index is 12.2. The number of nitrogens with zero attached hydrogens (tertiary/aromatic N) is 1. The minimum atomic E-state index is -0.761. The van der Waals surface area contributed by atoms with Crippen molar-refractivity contribution in [2.45, 2.75) is 25.7 Å². The Morgan fingerprint density at radius 2 is 2.15 bits per heavy atom. The molecule has 0 spiro atoms. The number of aryl methyl sites for hydroxylation is 1. The van der Waals surface area contributed by atoms with Gasteiger partial charge in [0.1, 0.15) is 5.76 Å². The van der Waals surface area contributed by atoms with Crippen LogP contribution in [0.5, 0.6) is 0 Å². The lowest BCUT2D eigenvalue weighted by atomic mass is 9.92. The van der Waals surface area contributed by atoms with Crippen molar-refractivity contribution in [1.29, 1.82) is 0 Å². The number of likely N-dealkylation sites (tertiary alicyclic amines) is 1. The van der Waals surface area contributed by atoms with Gasteiger partial charge in [-0.15, -0.1) is 0 Å². The monoisotopic (exact) mass is 277 g/mol. The Balaban J connectivity index is 1.57. The van der Waals surface area contributed by atoms with Gasteiger partial charge in [-0.05, 0) is 36.8 Å². The van der Waals surface area contributed by atoms with Gasteiger partial charge in [-0.1, -0.05) is 0 Å². The average molecular weight is 277 g/mol. The molecule has 1 saturated heterocycles. The van der Waals surface area contributed by atoms with Gasteiger partial charge < -0.3 is 14.4 Å². The number of carboxylic acids is 1. The molecule has 0 radical (unpaired) electrons. The van der Waals surface area contributed by atoms with Crippen LogP contribution in [0, 0.1) is 17.8 Å². The van der Waals surface area contributed by atoms with Crippen LogP contribution in [-0.4, -0.2) is 35.0 Å². The van der Waals surface area contributed by atoms with Gasteiger partial charge in [-0.2, -0.15) is 0 Å². The summed E-state index contributed by atoms with van der Waals surface area (Å²) in [4.78, 5) is 25.2. The van der Waals surface area contributed by atoms with Crippen LogP contribution in [0.4, 0.5) is 0 Å². The summed E-state index contributed by atoms with van der Waals surface area (Å²) in [6, 6.07) is 3.66. The lowest BCUT2D eigenvalue weighted by Crippen LogP contribution is -2.30. The first-order valence-corrected chi connectivity index (χ1v) is 7.18. The van der Waals surface area contributed by atoms with Gasteiger partial charge in [0.25, 0.3) is 0 Å². The van der Waals surface area contributed by atoms with Crippen LogP contribution in [0.1, 0.15) is 25.0 Å². The molecular formula is C15H19NO4. The van der Waals surface area contributed by atoms with Gasteiger partial charge >= 0.3 is 5.97 Å². The molecule has 0 aromatic carbocycles. The van der Waals surface area contributed by atoms with Gasteiger partial charge in [0.15, 0.2) is 0 Å². The van der Waals surface area contributed by atoms with Gasteiger partial charge in [0, 0.05) is 25.9 Å². The van der Waals surface area contributed by atoms with E-state index in [0.29, 0.717) is 31.8 Å². The first-order valence-electron chi connectivity index (χ1n) is 7.18. The fourth-order valence-corrected chi connectivity index (χ4v) is 3.14. The van der Waals surface area contributed by atoms with E-state index in [9.17, 15) is 14.7 Å². The molecule has 2 heterocycles. The fraction of sp³-hybridized carbons (Fsp3) is 0.600. The molecule has 2 atom stereocenters. The van der Waals surface area contributed by atoms with E-state index in [2.05, 4.69) is 0 Å². The van der Waals surface area contributed by atoms with Crippen molar-refractivity contribution >= 4 is 11.9 Å². The van der Waals surface area contributed by atoms with Crippen LogP contribution in [0.3, 0.4) is 0 Å². The van der Waals surface area contributed by atoms with Crippen molar-refractivity contribution in [1.82, 2.24) is 4.90 Å². The zero-order chi connectivity index (χ0) is 14.1. The lowest BCUT2D eigenvalue weighted by molar-refractivity contribution is -0.142. The van der Waals surface area contributed by atoms with Crippen LogP contribution in [0.2, 0.25) is 0 Å². The van der Waals surface area contributed by atoms with Crippen molar-refractivity contribution in [3.05, 3.63) is 24.2 Å². The average Bonchev–Trinajstić information content (AvgIpc) is 2.97. The van der Waals surface area contributed by atoms with Gasteiger partial charge in [0.05, 0.1) is 12.2 Å². The van der Waals surface area contributed by atoms with E-state index in [4.69, 9.17) is 4.42 Å². The molecule has 1 aliphatic heterocycles. The van der Waals surface area contributed by atoms with E-state index < -0.39 is 5.97 Å². The summed E-state index contributed by atoms with van der Waals surface area (Å²) >= 11 is 0. The Hall–Kier alpha value is -1.78. The Kier molecular flexibility index (Phi) is 3.51. The molecule has 1 aliphatic carbocycles. The second-order valence-electron chi connectivity index (χ2n) is 5.82. The number of rotatable bonds is 5. The van der Waals surface area contributed by atoms with Gasteiger partial charge in [-0.3, -0.25) is 9.59 Å². The summed E-state index contributed by atoms with van der Waals surface area (Å²) in [7, 11) is 0. The molecule has 3 rings (SSSR count). The molecule has 1 N–H and O–H groups in total. The topological polar surface area (TPSA) is 70.8 Å².